The van der Waals surface area contributed by atoms with Crippen molar-refractivity contribution < 1.29 is 9.47 Å². The number of nitrogens with one attached hydrogen (secondary N) is 1. The molecular weight excluding hydrogens is 252 g/mol. The highest BCUT2D eigenvalue weighted by molar-refractivity contribution is 4.99. The highest BCUT2D eigenvalue weighted by Gasteiger charge is 2.48. The molecule has 1 saturated carbocycles. The summed E-state index contributed by atoms with van der Waals surface area (Å²) in [5, 5.41) is 3.69. The molecule has 0 amide bonds. The van der Waals surface area contributed by atoms with Crippen LogP contribution in [0, 0.1) is 5.41 Å². The summed E-state index contributed by atoms with van der Waals surface area (Å²) in [4.78, 5) is 2.68. The van der Waals surface area contributed by atoms with Crippen LogP contribution in [0.4, 0.5) is 0 Å². The fraction of sp³-hybridized carbons (Fsp3) is 1.00. The number of hydrogen-bond acceptors (Lipinski definition) is 4. The number of rotatable bonds is 3. The molecule has 1 N–H and O–H groups in total. The number of ether oxygens (including phenoxy) is 2. The van der Waals surface area contributed by atoms with E-state index < -0.39 is 0 Å². The van der Waals surface area contributed by atoms with E-state index in [2.05, 4.69) is 31.0 Å². The van der Waals surface area contributed by atoms with E-state index in [1.54, 1.807) is 0 Å². The Balaban J connectivity index is 1.72. The topological polar surface area (TPSA) is 33.7 Å². The predicted molar refractivity (Wildman–Crippen MR) is 79.7 cm³/mol. The maximum absolute atomic E-state index is 5.97. The van der Waals surface area contributed by atoms with E-state index in [0.29, 0.717) is 17.5 Å². The lowest BCUT2D eigenvalue weighted by molar-refractivity contribution is -0.192. The van der Waals surface area contributed by atoms with Gasteiger partial charge in [0.2, 0.25) is 0 Å². The first-order valence-corrected chi connectivity index (χ1v) is 8.29. The zero-order valence-corrected chi connectivity index (χ0v) is 13.3. The van der Waals surface area contributed by atoms with Gasteiger partial charge in [-0.2, -0.15) is 0 Å². The lowest BCUT2D eigenvalue weighted by Crippen LogP contribution is -2.57. The van der Waals surface area contributed by atoms with Gasteiger partial charge in [-0.15, -0.1) is 0 Å². The van der Waals surface area contributed by atoms with E-state index in [1.807, 2.05) is 0 Å². The van der Waals surface area contributed by atoms with Gasteiger partial charge in [0.05, 0.1) is 13.2 Å². The SMILES string of the molecule is CCNC1CCC2(CC1N1CCC(C)(C)C1)OCCO2. The van der Waals surface area contributed by atoms with Crippen molar-refractivity contribution in [3.63, 3.8) is 0 Å². The summed E-state index contributed by atoms with van der Waals surface area (Å²) in [6.07, 6.45) is 4.53. The molecule has 4 nitrogen and oxygen atoms in total. The number of hydrogen-bond donors (Lipinski definition) is 1. The molecule has 4 heteroatoms. The smallest absolute Gasteiger partial charge is 0.170 e. The molecule has 1 spiro atoms. The maximum Gasteiger partial charge on any atom is 0.170 e. The fourth-order valence-electron chi connectivity index (χ4n) is 4.21. The molecule has 2 aliphatic heterocycles. The van der Waals surface area contributed by atoms with Gasteiger partial charge in [-0.25, -0.2) is 0 Å². The Morgan fingerprint density at radius 3 is 2.55 bits per heavy atom. The first-order chi connectivity index (χ1) is 9.54. The van der Waals surface area contributed by atoms with Gasteiger partial charge in [0.1, 0.15) is 0 Å². The average molecular weight is 282 g/mol. The van der Waals surface area contributed by atoms with Gasteiger partial charge in [-0.1, -0.05) is 20.8 Å². The molecule has 2 unspecified atom stereocenters. The summed E-state index contributed by atoms with van der Waals surface area (Å²) in [5.74, 6) is -0.274. The van der Waals surface area contributed by atoms with Crippen molar-refractivity contribution >= 4 is 0 Å². The molecule has 1 aliphatic carbocycles. The standard InChI is InChI=1S/C16H30N2O2/c1-4-17-13-5-6-16(19-9-10-20-16)11-14(13)18-8-7-15(2,3)12-18/h13-14,17H,4-12H2,1-3H3. The van der Waals surface area contributed by atoms with Crippen molar-refractivity contribution in [2.24, 2.45) is 5.41 Å². The summed E-state index contributed by atoms with van der Waals surface area (Å²) in [6, 6.07) is 1.15. The van der Waals surface area contributed by atoms with Crippen LogP contribution < -0.4 is 5.32 Å². The Labute approximate surface area is 123 Å². The summed E-state index contributed by atoms with van der Waals surface area (Å²) in [5.41, 5.74) is 0.457. The molecule has 20 heavy (non-hydrogen) atoms. The second kappa shape index (κ2) is 5.56. The fourth-order valence-corrected chi connectivity index (χ4v) is 4.21. The molecule has 0 aromatic heterocycles. The van der Waals surface area contributed by atoms with Crippen molar-refractivity contribution in [1.29, 1.82) is 0 Å². The van der Waals surface area contributed by atoms with Crippen LogP contribution in [0.3, 0.4) is 0 Å². The van der Waals surface area contributed by atoms with Gasteiger partial charge < -0.3 is 14.8 Å². The molecule has 2 saturated heterocycles. The van der Waals surface area contributed by atoms with Gasteiger partial charge in [0, 0.05) is 31.5 Å². The first kappa shape index (κ1) is 14.8. The summed E-state index contributed by atoms with van der Waals surface area (Å²) < 4.78 is 11.9. The second-order valence-electron chi connectivity index (χ2n) is 7.47. The molecule has 116 valence electrons. The van der Waals surface area contributed by atoms with Crippen molar-refractivity contribution in [1.82, 2.24) is 10.2 Å². The number of likely N-dealkylation sites (N-methyl/N-ethyl adjacent to an activating group) is 1. The van der Waals surface area contributed by atoms with Gasteiger partial charge in [-0.3, -0.25) is 4.90 Å². The Bertz CT molecular complexity index is 339. The van der Waals surface area contributed by atoms with Crippen molar-refractivity contribution in [3.8, 4) is 0 Å². The predicted octanol–water partition coefficient (Wildman–Crippen LogP) is 1.99. The average Bonchev–Trinajstić information content (AvgIpc) is 2.99. The van der Waals surface area contributed by atoms with Crippen LogP contribution in [0.15, 0.2) is 0 Å². The molecule has 2 heterocycles. The molecule has 0 aromatic carbocycles. The Morgan fingerprint density at radius 2 is 1.95 bits per heavy atom. The van der Waals surface area contributed by atoms with E-state index in [1.165, 1.54) is 19.5 Å². The van der Waals surface area contributed by atoms with Crippen molar-refractivity contribution in [3.05, 3.63) is 0 Å². The van der Waals surface area contributed by atoms with Crippen LogP contribution in [0.1, 0.15) is 46.5 Å². The third kappa shape index (κ3) is 2.89. The highest BCUT2D eigenvalue weighted by Crippen LogP contribution is 2.40. The summed E-state index contributed by atoms with van der Waals surface area (Å²) in [7, 11) is 0. The number of nitrogens with zero attached hydrogens (tertiary/aromatic N) is 1. The summed E-state index contributed by atoms with van der Waals surface area (Å²) in [6.45, 7) is 12.0. The quantitative estimate of drug-likeness (QED) is 0.858. The largest absolute Gasteiger partial charge is 0.347 e. The van der Waals surface area contributed by atoms with Crippen LogP contribution in [-0.4, -0.2) is 55.6 Å². The highest BCUT2D eigenvalue weighted by atomic mass is 16.7. The van der Waals surface area contributed by atoms with Crippen LogP contribution >= 0.6 is 0 Å². The van der Waals surface area contributed by atoms with Gasteiger partial charge in [0.15, 0.2) is 5.79 Å². The van der Waals surface area contributed by atoms with E-state index in [9.17, 15) is 0 Å². The Hall–Kier alpha value is -0.160. The van der Waals surface area contributed by atoms with Crippen LogP contribution in [0.25, 0.3) is 0 Å². The summed E-state index contributed by atoms with van der Waals surface area (Å²) >= 11 is 0. The molecule has 3 fully saturated rings. The molecule has 3 rings (SSSR count). The van der Waals surface area contributed by atoms with Crippen molar-refractivity contribution in [2.75, 3.05) is 32.8 Å². The minimum atomic E-state index is -0.274. The monoisotopic (exact) mass is 282 g/mol. The normalized spacial score (nSPS) is 36.8. The van der Waals surface area contributed by atoms with E-state index in [0.717, 1.165) is 39.0 Å². The first-order valence-electron chi connectivity index (χ1n) is 8.29. The minimum Gasteiger partial charge on any atom is -0.347 e. The zero-order chi connectivity index (χ0) is 14.2. The van der Waals surface area contributed by atoms with Crippen LogP contribution in [-0.2, 0) is 9.47 Å². The lowest BCUT2D eigenvalue weighted by Gasteiger charge is -2.45. The molecule has 0 aromatic rings. The molecule has 0 bridgehead atoms. The Morgan fingerprint density at radius 1 is 1.20 bits per heavy atom. The second-order valence-corrected chi connectivity index (χ2v) is 7.47. The molecule has 3 aliphatic rings. The lowest BCUT2D eigenvalue weighted by atomic mass is 9.84. The third-order valence-electron chi connectivity index (χ3n) is 5.28. The van der Waals surface area contributed by atoms with Gasteiger partial charge in [-0.05, 0) is 31.3 Å². The molecule has 0 radical (unpaired) electrons. The van der Waals surface area contributed by atoms with E-state index in [4.69, 9.17) is 9.47 Å². The Kier molecular flexibility index (Phi) is 4.10. The zero-order valence-electron chi connectivity index (χ0n) is 13.3. The van der Waals surface area contributed by atoms with Gasteiger partial charge in [0.25, 0.3) is 0 Å². The van der Waals surface area contributed by atoms with Crippen LogP contribution in [0.2, 0.25) is 0 Å². The van der Waals surface area contributed by atoms with Gasteiger partial charge >= 0.3 is 0 Å². The number of likely N-dealkylation sites (tertiary alicyclic amines) is 1. The van der Waals surface area contributed by atoms with Crippen LogP contribution in [0.5, 0.6) is 0 Å². The third-order valence-corrected chi connectivity index (χ3v) is 5.28. The van der Waals surface area contributed by atoms with Crippen molar-refractivity contribution in [2.45, 2.75) is 64.3 Å². The molecular formula is C16H30N2O2. The minimum absolute atomic E-state index is 0.274. The maximum atomic E-state index is 5.97. The molecule has 2 atom stereocenters. The van der Waals surface area contributed by atoms with E-state index in [-0.39, 0.29) is 5.79 Å². The van der Waals surface area contributed by atoms with E-state index >= 15 is 0 Å².